The molecule has 1 amide bonds. The number of piperidine rings is 1. The first-order chi connectivity index (χ1) is 11.3. The second-order valence-corrected chi connectivity index (χ2v) is 7.35. The Kier molecular flexibility index (Phi) is 4.38. The minimum Gasteiger partial charge on any atom is -0.481 e. The number of hydrogen-bond donors (Lipinski definition) is 1. The standard InChI is InChI=1S/C17H26N4O3/c1-12(2)21-11-13(9-18-21)10-20-6-4-17(5-7-20)14(16(23)24)8-15(22)19(17)3/h9,11-12,14H,4-8,10H2,1-3H3,(H,23,24). The molecule has 2 saturated heterocycles. The second-order valence-electron chi connectivity index (χ2n) is 7.35. The quantitative estimate of drug-likeness (QED) is 0.899. The summed E-state index contributed by atoms with van der Waals surface area (Å²) in [4.78, 5) is 27.7. The highest BCUT2D eigenvalue weighted by Gasteiger charge is 2.55. The van der Waals surface area contributed by atoms with Crippen molar-refractivity contribution in [2.24, 2.45) is 5.92 Å². The summed E-state index contributed by atoms with van der Waals surface area (Å²) in [6.45, 7) is 6.61. The Labute approximate surface area is 142 Å². The van der Waals surface area contributed by atoms with Gasteiger partial charge in [0.25, 0.3) is 0 Å². The maximum Gasteiger partial charge on any atom is 0.309 e. The maximum atomic E-state index is 12.0. The number of nitrogens with zero attached hydrogens (tertiary/aromatic N) is 4. The van der Waals surface area contributed by atoms with Crippen LogP contribution in [0.15, 0.2) is 12.4 Å². The smallest absolute Gasteiger partial charge is 0.309 e. The number of aromatic nitrogens is 2. The average molecular weight is 334 g/mol. The van der Waals surface area contributed by atoms with Crippen molar-refractivity contribution in [2.75, 3.05) is 20.1 Å². The normalized spacial score (nSPS) is 24.2. The van der Waals surface area contributed by atoms with Gasteiger partial charge in [-0.15, -0.1) is 0 Å². The van der Waals surface area contributed by atoms with Crippen LogP contribution in [0.5, 0.6) is 0 Å². The van der Waals surface area contributed by atoms with Crippen LogP contribution in [0.25, 0.3) is 0 Å². The van der Waals surface area contributed by atoms with Crippen LogP contribution < -0.4 is 0 Å². The summed E-state index contributed by atoms with van der Waals surface area (Å²) in [5.41, 5.74) is 0.659. The SMILES string of the molecule is CC(C)n1cc(CN2CCC3(CC2)C(C(=O)O)CC(=O)N3C)cn1. The predicted molar refractivity (Wildman–Crippen MR) is 88.4 cm³/mol. The van der Waals surface area contributed by atoms with Gasteiger partial charge in [0.15, 0.2) is 0 Å². The molecular weight excluding hydrogens is 308 g/mol. The zero-order valence-corrected chi connectivity index (χ0v) is 14.6. The summed E-state index contributed by atoms with van der Waals surface area (Å²) >= 11 is 0. The van der Waals surface area contributed by atoms with Crippen LogP contribution in [-0.2, 0) is 16.1 Å². The number of carboxylic acid groups (broad SMARTS) is 1. The Morgan fingerprint density at radius 2 is 2.08 bits per heavy atom. The lowest BCUT2D eigenvalue weighted by molar-refractivity contribution is -0.146. The number of rotatable bonds is 4. The lowest BCUT2D eigenvalue weighted by Crippen LogP contribution is -2.55. The van der Waals surface area contributed by atoms with E-state index in [1.54, 1.807) is 11.9 Å². The van der Waals surface area contributed by atoms with Crippen molar-refractivity contribution in [1.29, 1.82) is 0 Å². The van der Waals surface area contributed by atoms with E-state index in [-0.39, 0.29) is 12.3 Å². The molecule has 2 aliphatic rings. The first-order valence-corrected chi connectivity index (χ1v) is 8.58. The second kappa shape index (κ2) is 6.20. The Hall–Kier alpha value is -1.89. The maximum absolute atomic E-state index is 12.0. The van der Waals surface area contributed by atoms with Gasteiger partial charge >= 0.3 is 5.97 Å². The molecule has 1 unspecified atom stereocenters. The molecule has 0 aliphatic carbocycles. The highest BCUT2D eigenvalue weighted by Crippen LogP contribution is 2.42. The molecule has 7 nitrogen and oxygen atoms in total. The van der Waals surface area contributed by atoms with Gasteiger partial charge in [-0.3, -0.25) is 19.2 Å². The molecule has 2 aliphatic heterocycles. The fraction of sp³-hybridized carbons (Fsp3) is 0.706. The zero-order chi connectivity index (χ0) is 17.5. The van der Waals surface area contributed by atoms with Crippen molar-refractivity contribution < 1.29 is 14.7 Å². The Bertz CT molecular complexity index is 632. The predicted octanol–water partition coefficient (Wildman–Crippen LogP) is 1.36. The van der Waals surface area contributed by atoms with Crippen LogP contribution in [0.1, 0.15) is 44.7 Å². The Morgan fingerprint density at radius 1 is 1.42 bits per heavy atom. The number of likely N-dealkylation sites (tertiary alicyclic amines) is 2. The van der Waals surface area contributed by atoms with E-state index in [9.17, 15) is 14.7 Å². The van der Waals surface area contributed by atoms with Gasteiger partial charge in [-0.25, -0.2) is 0 Å². The van der Waals surface area contributed by atoms with Gasteiger partial charge < -0.3 is 10.0 Å². The number of carbonyl (C=O) groups is 2. The molecule has 0 radical (unpaired) electrons. The van der Waals surface area contributed by atoms with Gasteiger partial charge in [-0.1, -0.05) is 0 Å². The summed E-state index contributed by atoms with van der Waals surface area (Å²) in [5.74, 6) is -1.48. The van der Waals surface area contributed by atoms with Crippen LogP contribution in [0.4, 0.5) is 0 Å². The Morgan fingerprint density at radius 3 is 2.62 bits per heavy atom. The van der Waals surface area contributed by atoms with Crippen molar-refractivity contribution in [2.45, 2.75) is 51.2 Å². The summed E-state index contributed by atoms with van der Waals surface area (Å²) in [5, 5.41) is 13.9. The first-order valence-electron chi connectivity index (χ1n) is 8.58. The molecular formula is C17H26N4O3. The molecule has 2 fully saturated rings. The number of carbonyl (C=O) groups excluding carboxylic acids is 1. The Balaban J connectivity index is 1.66. The number of aliphatic carboxylic acids is 1. The number of amides is 1. The third-order valence-electron chi connectivity index (χ3n) is 5.68. The summed E-state index contributed by atoms with van der Waals surface area (Å²) in [6.07, 6.45) is 5.53. The van der Waals surface area contributed by atoms with E-state index in [0.29, 0.717) is 18.9 Å². The largest absolute Gasteiger partial charge is 0.481 e. The minimum absolute atomic E-state index is 0.0472. The first kappa shape index (κ1) is 17.0. The van der Waals surface area contributed by atoms with Gasteiger partial charge in [0, 0.05) is 50.9 Å². The third-order valence-corrected chi connectivity index (χ3v) is 5.68. The van der Waals surface area contributed by atoms with Crippen molar-refractivity contribution in [3.05, 3.63) is 18.0 Å². The van der Waals surface area contributed by atoms with Crippen LogP contribution in [0.2, 0.25) is 0 Å². The van der Waals surface area contributed by atoms with E-state index in [1.807, 2.05) is 10.9 Å². The molecule has 7 heteroatoms. The zero-order valence-electron chi connectivity index (χ0n) is 14.6. The lowest BCUT2D eigenvalue weighted by atomic mass is 9.77. The molecule has 132 valence electrons. The highest BCUT2D eigenvalue weighted by molar-refractivity contribution is 5.88. The van der Waals surface area contributed by atoms with E-state index in [0.717, 1.165) is 19.6 Å². The average Bonchev–Trinajstić information content (AvgIpc) is 3.09. The minimum atomic E-state index is -0.848. The fourth-order valence-electron chi connectivity index (χ4n) is 4.08. The van der Waals surface area contributed by atoms with E-state index < -0.39 is 17.4 Å². The van der Waals surface area contributed by atoms with Gasteiger partial charge in [-0.2, -0.15) is 5.10 Å². The van der Waals surface area contributed by atoms with Crippen molar-refractivity contribution in [3.63, 3.8) is 0 Å². The lowest BCUT2D eigenvalue weighted by Gasteiger charge is -2.45. The molecule has 0 bridgehead atoms. The molecule has 0 saturated carbocycles. The summed E-state index contributed by atoms with van der Waals surface area (Å²) in [7, 11) is 1.76. The molecule has 1 aromatic rings. The number of carboxylic acids is 1. The van der Waals surface area contributed by atoms with Gasteiger partial charge in [-0.05, 0) is 26.7 Å². The molecule has 1 aromatic heterocycles. The summed E-state index contributed by atoms with van der Waals surface area (Å²) in [6, 6.07) is 0.345. The third kappa shape index (κ3) is 2.81. The van der Waals surface area contributed by atoms with Crippen molar-refractivity contribution >= 4 is 11.9 Å². The van der Waals surface area contributed by atoms with E-state index in [2.05, 4.69) is 30.0 Å². The van der Waals surface area contributed by atoms with Gasteiger partial charge in [0.05, 0.1) is 17.7 Å². The molecule has 1 spiro atoms. The van der Waals surface area contributed by atoms with Crippen LogP contribution >= 0.6 is 0 Å². The van der Waals surface area contributed by atoms with E-state index >= 15 is 0 Å². The van der Waals surface area contributed by atoms with Crippen LogP contribution in [0.3, 0.4) is 0 Å². The number of hydrogen-bond acceptors (Lipinski definition) is 4. The van der Waals surface area contributed by atoms with Crippen molar-refractivity contribution in [3.8, 4) is 0 Å². The van der Waals surface area contributed by atoms with Crippen LogP contribution in [0, 0.1) is 5.92 Å². The van der Waals surface area contributed by atoms with Gasteiger partial charge in [0.2, 0.25) is 5.91 Å². The molecule has 0 aromatic carbocycles. The molecule has 3 heterocycles. The highest BCUT2D eigenvalue weighted by atomic mass is 16.4. The molecule has 3 rings (SSSR count). The molecule has 1 atom stereocenters. The summed E-state index contributed by atoms with van der Waals surface area (Å²) < 4.78 is 1.95. The van der Waals surface area contributed by atoms with Crippen molar-refractivity contribution in [1.82, 2.24) is 19.6 Å². The topological polar surface area (TPSA) is 78.7 Å². The van der Waals surface area contributed by atoms with Gasteiger partial charge in [0.1, 0.15) is 0 Å². The fourth-order valence-corrected chi connectivity index (χ4v) is 4.08. The van der Waals surface area contributed by atoms with E-state index in [4.69, 9.17) is 0 Å². The molecule has 24 heavy (non-hydrogen) atoms. The van der Waals surface area contributed by atoms with Crippen LogP contribution in [-0.4, -0.2) is 62.2 Å². The molecule has 1 N–H and O–H groups in total. The van der Waals surface area contributed by atoms with E-state index in [1.165, 1.54) is 5.56 Å². The monoisotopic (exact) mass is 334 g/mol.